The molecule has 4 aromatic rings. The molecule has 158 valence electrons. The summed E-state index contributed by atoms with van der Waals surface area (Å²) in [6.45, 7) is 0. The van der Waals surface area contributed by atoms with Crippen molar-refractivity contribution in [2.75, 3.05) is 32.0 Å². The Bertz CT molecular complexity index is 1200. The van der Waals surface area contributed by atoms with Gasteiger partial charge < -0.3 is 24.8 Å². The Hall–Kier alpha value is -3.92. The van der Waals surface area contributed by atoms with Gasteiger partial charge in [-0.1, -0.05) is 11.3 Å². The molecule has 0 radical (unpaired) electrons. The van der Waals surface area contributed by atoms with Crippen molar-refractivity contribution in [3.8, 4) is 17.2 Å². The molecule has 0 saturated carbocycles. The maximum absolute atomic E-state index is 12.8. The summed E-state index contributed by atoms with van der Waals surface area (Å²) >= 11 is 1.42. The highest BCUT2D eigenvalue weighted by Crippen LogP contribution is 2.40. The first-order valence-corrected chi connectivity index (χ1v) is 9.98. The molecule has 0 saturated heterocycles. The molecular formula is C21H19N5O4S. The summed E-state index contributed by atoms with van der Waals surface area (Å²) in [6.07, 6.45) is 4.81. The molecule has 0 unspecified atom stereocenters. The molecule has 0 bridgehead atoms. The van der Waals surface area contributed by atoms with Gasteiger partial charge in [0, 0.05) is 35.8 Å². The third-order valence-electron chi connectivity index (χ3n) is 4.37. The molecule has 2 aromatic heterocycles. The predicted octanol–water partition coefficient (Wildman–Crippen LogP) is 4.11. The lowest BCUT2D eigenvalue weighted by Gasteiger charge is -2.14. The molecule has 0 aliphatic rings. The second-order valence-corrected chi connectivity index (χ2v) is 7.32. The van der Waals surface area contributed by atoms with E-state index in [0.29, 0.717) is 39.4 Å². The van der Waals surface area contributed by atoms with Crippen molar-refractivity contribution in [2.45, 2.75) is 0 Å². The normalized spacial score (nSPS) is 10.5. The van der Waals surface area contributed by atoms with Gasteiger partial charge in [0.15, 0.2) is 22.4 Å². The largest absolute Gasteiger partial charge is 0.493 e. The van der Waals surface area contributed by atoms with Gasteiger partial charge in [-0.25, -0.2) is 9.97 Å². The first-order valence-electron chi connectivity index (χ1n) is 9.16. The van der Waals surface area contributed by atoms with Crippen LogP contribution in [0.25, 0.3) is 10.2 Å². The standard InChI is InChI=1S/C21H19N5O4S/c1-28-15-9-13(10-16(29-2)19(15)30-3)24-20(27)12-4-5-14-17(8-12)31-21(25-14)26-18-11-22-6-7-23-18/h4-11H,1-3H3,(H,24,27)(H,23,25,26). The molecule has 0 atom stereocenters. The second kappa shape index (κ2) is 8.84. The van der Waals surface area contributed by atoms with E-state index in [9.17, 15) is 4.79 Å². The van der Waals surface area contributed by atoms with Crippen LogP contribution >= 0.6 is 11.3 Å². The number of benzene rings is 2. The number of carbonyl (C=O) groups is 1. The molecule has 1 amide bonds. The number of nitrogens with zero attached hydrogens (tertiary/aromatic N) is 3. The predicted molar refractivity (Wildman–Crippen MR) is 119 cm³/mol. The lowest BCUT2D eigenvalue weighted by atomic mass is 10.2. The van der Waals surface area contributed by atoms with Gasteiger partial charge >= 0.3 is 0 Å². The Morgan fingerprint density at radius 2 is 1.77 bits per heavy atom. The maximum Gasteiger partial charge on any atom is 0.255 e. The molecule has 31 heavy (non-hydrogen) atoms. The first-order chi connectivity index (χ1) is 15.1. The fraction of sp³-hybridized carbons (Fsp3) is 0.143. The van der Waals surface area contributed by atoms with E-state index in [2.05, 4.69) is 25.6 Å². The monoisotopic (exact) mass is 437 g/mol. The van der Waals surface area contributed by atoms with Gasteiger partial charge in [-0.3, -0.25) is 9.78 Å². The third-order valence-corrected chi connectivity index (χ3v) is 5.31. The van der Waals surface area contributed by atoms with Gasteiger partial charge in [0.2, 0.25) is 5.75 Å². The third kappa shape index (κ3) is 4.33. The minimum Gasteiger partial charge on any atom is -0.493 e. The van der Waals surface area contributed by atoms with Crippen LogP contribution < -0.4 is 24.8 Å². The van der Waals surface area contributed by atoms with Gasteiger partial charge in [-0.2, -0.15) is 0 Å². The smallest absolute Gasteiger partial charge is 0.255 e. The fourth-order valence-corrected chi connectivity index (χ4v) is 3.86. The lowest BCUT2D eigenvalue weighted by molar-refractivity contribution is 0.102. The number of ether oxygens (including phenoxy) is 3. The van der Waals surface area contributed by atoms with E-state index in [0.717, 1.165) is 10.2 Å². The molecule has 2 aromatic carbocycles. The number of rotatable bonds is 7. The van der Waals surface area contributed by atoms with Crippen LogP contribution in [-0.2, 0) is 0 Å². The van der Waals surface area contributed by atoms with Crippen LogP contribution in [0.15, 0.2) is 48.9 Å². The Labute approximate surface area is 182 Å². The number of thiazole rings is 1. The molecule has 0 spiro atoms. The van der Waals surface area contributed by atoms with Crippen molar-refractivity contribution < 1.29 is 19.0 Å². The van der Waals surface area contributed by atoms with E-state index in [4.69, 9.17) is 14.2 Å². The Kier molecular flexibility index (Phi) is 5.80. The van der Waals surface area contributed by atoms with E-state index in [1.807, 2.05) is 0 Å². The number of hydrogen-bond acceptors (Lipinski definition) is 9. The van der Waals surface area contributed by atoms with Gasteiger partial charge in [0.25, 0.3) is 5.91 Å². The van der Waals surface area contributed by atoms with Gasteiger partial charge in [0.05, 0.1) is 37.7 Å². The molecular weight excluding hydrogens is 418 g/mol. The van der Waals surface area contributed by atoms with Crippen LogP contribution in [0.2, 0.25) is 0 Å². The van der Waals surface area contributed by atoms with Gasteiger partial charge in [0.1, 0.15) is 0 Å². The first kappa shape index (κ1) is 20.4. The van der Waals surface area contributed by atoms with Crippen molar-refractivity contribution >= 4 is 44.1 Å². The summed E-state index contributed by atoms with van der Waals surface area (Å²) < 4.78 is 16.9. The fourth-order valence-electron chi connectivity index (χ4n) is 2.95. The zero-order valence-corrected chi connectivity index (χ0v) is 17.8. The maximum atomic E-state index is 12.8. The molecule has 0 aliphatic heterocycles. The van der Waals surface area contributed by atoms with E-state index in [1.54, 1.807) is 48.9 Å². The summed E-state index contributed by atoms with van der Waals surface area (Å²) in [5, 5.41) is 6.64. The summed E-state index contributed by atoms with van der Waals surface area (Å²) in [5.41, 5.74) is 1.80. The van der Waals surface area contributed by atoms with Crippen LogP contribution in [0.1, 0.15) is 10.4 Å². The second-order valence-electron chi connectivity index (χ2n) is 6.29. The van der Waals surface area contributed by atoms with Crippen LogP contribution in [0, 0.1) is 0 Å². The van der Waals surface area contributed by atoms with Crippen LogP contribution in [0.3, 0.4) is 0 Å². The number of hydrogen-bond donors (Lipinski definition) is 2. The van der Waals surface area contributed by atoms with Crippen molar-refractivity contribution in [3.63, 3.8) is 0 Å². The average Bonchev–Trinajstić information content (AvgIpc) is 3.20. The number of methoxy groups -OCH3 is 3. The van der Waals surface area contributed by atoms with Crippen LogP contribution in [-0.4, -0.2) is 42.2 Å². The lowest BCUT2D eigenvalue weighted by Crippen LogP contribution is -2.12. The number of carbonyl (C=O) groups excluding carboxylic acids is 1. The summed E-state index contributed by atoms with van der Waals surface area (Å²) in [5.74, 6) is 1.69. The minimum atomic E-state index is -0.270. The van der Waals surface area contributed by atoms with Gasteiger partial charge in [-0.05, 0) is 18.2 Å². The van der Waals surface area contributed by atoms with Crippen molar-refractivity contribution in [1.82, 2.24) is 15.0 Å². The van der Waals surface area contributed by atoms with Crippen molar-refractivity contribution in [2.24, 2.45) is 0 Å². The van der Waals surface area contributed by atoms with Crippen LogP contribution in [0.5, 0.6) is 17.2 Å². The highest BCUT2D eigenvalue weighted by molar-refractivity contribution is 7.22. The van der Waals surface area contributed by atoms with E-state index < -0.39 is 0 Å². The number of anilines is 3. The summed E-state index contributed by atoms with van der Waals surface area (Å²) in [6, 6.07) is 8.67. The summed E-state index contributed by atoms with van der Waals surface area (Å²) in [4.78, 5) is 25.6. The van der Waals surface area contributed by atoms with Crippen molar-refractivity contribution in [1.29, 1.82) is 0 Å². The average molecular weight is 437 g/mol. The molecule has 4 rings (SSSR count). The van der Waals surface area contributed by atoms with E-state index >= 15 is 0 Å². The quantitative estimate of drug-likeness (QED) is 0.445. The molecule has 0 aliphatic carbocycles. The van der Waals surface area contributed by atoms with Crippen molar-refractivity contribution in [3.05, 3.63) is 54.5 Å². The molecule has 2 N–H and O–H groups in total. The molecule has 10 heteroatoms. The minimum absolute atomic E-state index is 0.270. The number of aromatic nitrogens is 3. The summed E-state index contributed by atoms with van der Waals surface area (Å²) in [7, 11) is 4.57. The Morgan fingerprint density at radius 3 is 2.42 bits per heavy atom. The Morgan fingerprint density at radius 1 is 1.00 bits per heavy atom. The number of fused-ring (bicyclic) bond motifs is 1. The van der Waals surface area contributed by atoms with Crippen LogP contribution in [0.4, 0.5) is 16.6 Å². The highest BCUT2D eigenvalue weighted by Gasteiger charge is 2.16. The molecule has 9 nitrogen and oxygen atoms in total. The SMILES string of the molecule is COc1cc(NC(=O)c2ccc3nc(Nc4cnccn4)sc3c2)cc(OC)c1OC. The molecule has 2 heterocycles. The van der Waals surface area contributed by atoms with Gasteiger partial charge in [-0.15, -0.1) is 0 Å². The number of amides is 1. The zero-order chi connectivity index (χ0) is 21.8. The topological polar surface area (TPSA) is 107 Å². The zero-order valence-electron chi connectivity index (χ0n) is 17.0. The number of nitrogens with one attached hydrogen (secondary N) is 2. The molecule has 0 fully saturated rings. The van der Waals surface area contributed by atoms with E-state index in [-0.39, 0.29) is 5.91 Å². The van der Waals surface area contributed by atoms with E-state index in [1.165, 1.54) is 32.7 Å². The Balaban J connectivity index is 1.56. The highest BCUT2D eigenvalue weighted by atomic mass is 32.1.